The van der Waals surface area contributed by atoms with E-state index in [2.05, 4.69) is 26.1 Å². The molecule has 0 saturated carbocycles. The van der Waals surface area contributed by atoms with E-state index < -0.39 is 4.92 Å². The summed E-state index contributed by atoms with van der Waals surface area (Å²) in [4.78, 5) is 25.0. The number of anilines is 1. The van der Waals surface area contributed by atoms with Crippen molar-refractivity contribution in [2.75, 3.05) is 31.6 Å². The molecular weight excluding hydrogens is 426 g/mol. The molecule has 1 heterocycles. The van der Waals surface area contributed by atoms with Gasteiger partial charge in [-0.2, -0.15) is 0 Å². The zero-order chi connectivity index (χ0) is 20.1. The van der Waals surface area contributed by atoms with Gasteiger partial charge in [0.05, 0.1) is 23.3 Å². The van der Waals surface area contributed by atoms with Gasteiger partial charge in [-0.15, -0.1) is 0 Å². The molecule has 0 spiro atoms. The third kappa shape index (κ3) is 5.37. The molecule has 8 heteroatoms. The van der Waals surface area contributed by atoms with E-state index in [0.717, 1.165) is 28.7 Å². The van der Waals surface area contributed by atoms with Crippen LogP contribution in [0.1, 0.15) is 23.7 Å². The van der Waals surface area contributed by atoms with Crippen LogP contribution in [0, 0.1) is 17.0 Å². The maximum Gasteiger partial charge on any atom is 0.271 e. The molecule has 1 aliphatic rings. The zero-order valence-corrected chi connectivity index (χ0v) is 17.1. The quantitative estimate of drug-likeness (QED) is 0.532. The lowest BCUT2D eigenvalue weighted by Crippen LogP contribution is -2.39. The second kappa shape index (κ2) is 9.27. The predicted molar refractivity (Wildman–Crippen MR) is 110 cm³/mol. The molecule has 2 aromatic carbocycles. The highest BCUT2D eigenvalue weighted by atomic mass is 79.9. The van der Waals surface area contributed by atoms with Gasteiger partial charge < -0.3 is 10.1 Å². The average Bonchev–Trinajstić information content (AvgIpc) is 2.69. The van der Waals surface area contributed by atoms with Crippen LogP contribution in [-0.4, -0.2) is 42.0 Å². The van der Waals surface area contributed by atoms with Crippen LogP contribution in [0.25, 0.3) is 0 Å². The number of carbonyl (C=O) groups excluding carboxylic acids is 1. The van der Waals surface area contributed by atoms with E-state index in [0.29, 0.717) is 25.3 Å². The summed E-state index contributed by atoms with van der Waals surface area (Å²) in [5, 5.41) is 13.7. The summed E-state index contributed by atoms with van der Waals surface area (Å²) in [6.07, 6.45) is 0.304. The number of aryl methyl sites for hydroxylation is 1. The smallest absolute Gasteiger partial charge is 0.271 e. The number of hydrogen-bond donors (Lipinski definition) is 1. The number of rotatable bonds is 6. The van der Waals surface area contributed by atoms with Gasteiger partial charge in [0.25, 0.3) is 5.69 Å². The van der Waals surface area contributed by atoms with Crippen molar-refractivity contribution < 1.29 is 14.5 Å². The van der Waals surface area contributed by atoms with Gasteiger partial charge in [-0.05, 0) is 30.2 Å². The molecule has 0 aliphatic carbocycles. The molecule has 0 aromatic heterocycles. The molecule has 0 bridgehead atoms. The fourth-order valence-corrected chi connectivity index (χ4v) is 3.38. The molecule has 1 aliphatic heterocycles. The Hall–Kier alpha value is -2.29. The summed E-state index contributed by atoms with van der Waals surface area (Å²) < 4.78 is 6.89. The zero-order valence-electron chi connectivity index (χ0n) is 15.6. The number of hydrogen-bond acceptors (Lipinski definition) is 5. The standard InChI is InChI=1S/C20H22BrN3O4/c1-14-2-7-17(24(26)27)12-18(14)22-20(25)8-9-23-10-11-28-19(13-23)15-3-5-16(21)6-4-15/h2-7,12,19H,8-11,13H2,1H3,(H,22,25). The highest BCUT2D eigenvalue weighted by Crippen LogP contribution is 2.24. The Labute approximate surface area is 172 Å². The summed E-state index contributed by atoms with van der Waals surface area (Å²) in [6, 6.07) is 12.5. The van der Waals surface area contributed by atoms with Crippen LogP contribution in [0.2, 0.25) is 0 Å². The first-order valence-corrected chi connectivity index (χ1v) is 9.86. The number of carbonyl (C=O) groups is 1. The van der Waals surface area contributed by atoms with Gasteiger partial charge >= 0.3 is 0 Å². The van der Waals surface area contributed by atoms with E-state index in [1.54, 1.807) is 6.07 Å². The Balaban J connectivity index is 1.53. The van der Waals surface area contributed by atoms with Crippen molar-refractivity contribution in [3.05, 3.63) is 68.2 Å². The molecule has 1 unspecified atom stereocenters. The summed E-state index contributed by atoms with van der Waals surface area (Å²) >= 11 is 3.43. The molecule has 28 heavy (non-hydrogen) atoms. The van der Waals surface area contributed by atoms with Gasteiger partial charge in [0, 0.05) is 42.7 Å². The van der Waals surface area contributed by atoms with Crippen LogP contribution in [0.4, 0.5) is 11.4 Å². The van der Waals surface area contributed by atoms with E-state index in [4.69, 9.17) is 4.74 Å². The van der Waals surface area contributed by atoms with E-state index in [-0.39, 0.29) is 17.7 Å². The molecule has 7 nitrogen and oxygen atoms in total. The highest BCUT2D eigenvalue weighted by molar-refractivity contribution is 9.10. The fourth-order valence-electron chi connectivity index (χ4n) is 3.12. The van der Waals surface area contributed by atoms with E-state index >= 15 is 0 Å². The van der Waals surface area contributed by atoms with Crippen molar-refractivity contribution in [3.8, 4) is 0 Å². The monoisotopic (exact) mass is 447 g/mol. The third-order valence-electron chi connectivity index (χ3n) is 4.75. The van der Waals surface area contributed by atoms with Crippen molar-refractivity contribution in [1.82, 2.24) is 4.90 Å². The summed E-state index contributed by atoms with van der Waals surface area (Å²) in [5.41, 5.74) is 2.35. The number of halogens is 1. The summed E-state index contributed by atoms with van der Waals surface area (Å²) in [7, 11) is 0. The third-order valence-corrected chi connectivity index (χ3v) is 5.28. The second-order valence-electron chi connectivity index (χ2n) is 6.77. The largest absolute Gasteiger partial charge is 0.371 e. The van der Waals surface area contributed by atoms with Crippen LogP contribution in [0.15, 0.2) is 46.9 Å². The van der Waals surface area contributed by atoms with Crippen molar-refractivity contribution in [2.24, 2.45) is 0 Å². The molecule has 1 saturated heterocycles. The van der Waals surface area contributed by atoms with Crippen LogP contribution < -0.4 is 5.32 Å². The number of ether oxygens (including phenoxy) is 1. The van der Waals surface area contributed by atoms with E-state index in [1.165, 1.54) is 12.1 Å². The Morgan fingerprint density at radius 1 is 1.32 bits per heavy atom. The lowest BCUT2D eigenvalue weighted by atomic mass is 10.1. The Morgan fingerprint density at radius 2 is 2.07 bits per heavy atom. The molecule has 148 valence electrons. The maximum absolute atomic E-state index is 12.3. The summed E-state index contributed by atoms with van der Waals surface area (Å²) in [6.45, 7) is 4.54. The van der Waals surface area contributed by atoms with Gasteiger partial charge in [0.2, 0.25) is 5.91 Å². The number of morpholine rings is 1. The number of nitrogens with zero attached hydrogens (tertiary/aromatic N) is 2. The van der Waals surface area contributed by atoms with Gasteiger partial charge in [-0.25, -0.2) is 0 Å². The number of nitro groups is 1. The average molecular weight is 448 g/mol. The fraction of sp³-hybridized carbons (Fsp3) is 0.350. The molecule has 0 radical (unpaired) electrons. The Morgan fingerprint density at radius 3 is 2.79 bits per heavy atom. The Bertz CT molecular complexity index is 857. The van der Waals surface area contributed by atoms with Crippen LogP contribution >= 0.6 is 15.9 Å². The normalized spacial score (nSPS) is 17.3. The molecule has 1 atom stereocenters. The van der Waals surface area contributed by atoms with Crippen molar-refractivity contribution >= 4 is 33.2 Å². The second-order valence-corrected chi connectivity index (χ2v) is 7.68. The van der Waals surface area contributed by atoms with Gasteiger partial charge in [-0.1, -0.05) is 34.1 Å². The molecular formula is C20H22BrN3O4. The minimum atomic E-state index is -0.467. The van der Waals surface area contributed by atoms with E-state index in [9.17, 15) is 14.9 Å². The first kappa shape index (κ1) is 20.4. The predicted octanol–water partition coefficient (Wildman–Crippen LogP) is 4.07. The molecule has 1 N–H and O–H groups in total. The SMILES string of the molecule is Cc1ccc([N+](=O)[O-])cc1NC(=O)CCN1CCOC(c2ccc(Br)cc2)C1. The highest BCUT2D eigenvalue weighted by Gasteiger charge is 2.22. The number of benzene rings is 2. The van der Waals surface area contributed by atoms with E-state index in [1.807, 2.05) is 31.2 Å². The minimum Gasteiger partial charge on any atom is -0.371 e. The number of non-ortho nitro benzene ring substituents is 1. The van der Waals surface area contributed by atoms with Gasteiger partial charge in [0.15, 0.2) is 0 Å². The van der Waals surface area contributed by atoms with Crippen LogP contribution in [0.3, 0.4) is 0 Å². The lowest BCUT2D eigenvalue weighted by molar-refractivity contribution is -0.384. The number of nitrogens with one attached hydrogen (secondary N) is 1. The van der Waals surface area contributed by atoms with Gasteiger partial charge in [0.1, 0.15) is 0 Å². The number of amides is 1. The van der Waals surface area contributed by atoms with Crippen LogP contribution in [-0.2, 0) is 9.53 Å². The first-order valence-electron chi connectivity index (χ1n) is 9.06. The van der Waals surface area contributed by atoms with Gasteiger partial charge in [-0.3, -0.25) is 19.8 Å². The summed E-state index contributed by atoms with van der Waals surface area (Å²) in [5.74, 6) is -0.157. The van der Waals surface area contributed by atoms with Crippen molar-refractivity contribution in [1.29, 1.82) is 0 Å². The molecule has 1 amide bonds. The molecule has 2 aromatic rings. The maximum atomic E-state index is 12.3. The molecule has 1 fully saturated rings. The Kier molecular flexibility index (Phi) is 6.77. The topological polar surface area (TPSA) is 84.7 Å². The van der Waals surface area contributed by atoms with Crippen molar-refractivity contribution in [3.63, 3.8) is 0 Å². The first-order chi connectivity index (χ1) is 13.4. The molecule has 3 rings (SSSR count). The van der Waals surface area contributed by atoms with Crippen molar-refractivity contribution in [2.45, 2.75) is 19.4 Å². The lowest BCUT2D eigenvalue weighted by Gasteiger charge is -2.33. The minimum absolute atomic E-state index is 0.0103. The van der Waals surface area contributed by atoms with Crippen LogP contribution in [0.5, 0.6) is 0 Å². The number of nitro benzene ring substituents is 1.